The maximum atomic E-state index is 13.9. The minimum absolute atomic E-state index is 0.0176. The number of Topliss-reactive ketones (excluding diaryl/α,β-unsaturated/α-hetero) is 12. The summed E-state index contributed by atoms with van der Waals surface area (Å²) in [5.41, 5.74) is 32.2. The third-order valence-electron chi connectivity index (χ3n) is 15.7. The third-order valence-corrected chi connectivity index (χ3v) is 15.7. The fourth-order valence-electron chi connectivity index (χ4n) is 9.80. The Morgan fingerprint density at radius 1 is 0.319 bits per heavy atom. The van der Waals surface area contributed by atoms with Crippen LogP contribution in [0.2, 0.25) is 0 Å². The minimum Gasteiger partial charge on any atom is -0.481 e. The van der Waals surface area contributed by atoms with Gasteiger partial charge in [0.05, 0.1) is 19.3 Å². The van der Waals surface area contributed by atoms with Crippen molar-refractivity contribution in [3.63, 3.8) is 0 Å². The molecule has 0 heterocycles. The number of carboxylic acids is 3. The van der Waals surface area contributed by atoms with Crippen LogP contribution in [0.15, 0.2) is 15.0 Å². The highest BCUT2D eigenvalue weighted by Crippen LogP contribution is 2.28. The number of aldehydes is 1. The standard InChI is InChI=1S/C50H78N6O16.C13H23N3O3/c1-26(32(7)57)14-44(65)35(24-47(69)70)22-41(62)30(5)18-45(66)36(25-48(71)72)23-40(61)29(4)17-43(64)34(11-9-13-56-50(53)54)21-39(60)28(3)16-42(63)33(10-8-12-55-49(51)52)20-38(59)27(2)15-37(58)31(6)19-46(67)68;1-9(8-17)6-12(19)11(7-10(2)18)4-3-5-16-13(14)15/h26-31,33-36H,8-25H2,1-7H3,(H,67,68)(H,69,70)(H,71,72)(H4,51,52,55)(H4,53,54,56);8-9,11H,3-7H2,1-2H3,(H4,14,15,16). The van der Waals surface area contributed by atoms with Gasteiger partial charge in [-0.1, -0.05) is 48.5 Å². The number of nitrogens with zero attached hydrogens (tertiary/aromatic N) is 3. The normalized spacial score (nSPS) is 14.9. The molecule has 0 spiro atoms. The zero-order valence-corrected chi connectivity index (χ0v) is 54.4. The number of aliphatic imine (C=N–C) groups is 3. The molecule has 0 amide bonds. The Kier molecular flexibility index (Phi) is 42.2. The first-order valence-corrected chi connectivity index (χ1v) is 30.8. The minimum atomic E-state index is -1.42. The van der Waals surface area contributed by atoms with E-state index in [-0.39, 0.29) is 124 Å². The van der Waals surface area contributed by atoms with Crippen LogP contribution in [0.1, 0.15) is 191 Å². The van der Waals surface area contributed by atoms with Gasteiger partial charge in [-0.15, -0.1) is 0 Å². The van der Waals surface area contributed by atoms with Gasteiger partial charge < -0.3 is 59.3 Å². The van der Waals surface area contributed by atoms with Gasteiger partial charge in [0.25, 0.3) is 0 Å². The fourth-order valence-corrected chi connectivity index (χ4v) is 9.80. The van der Waals surface area contributed by atoms with Crippen LogP contribution in [-0.2, 0) is 76.7 Å². The largest absolute Gasteiger partial charge is 0.481 e. The van der Waals surface area contributed by atoms with Gasteiger partial charge in [0.15, 0.2) is 17.9 Å². The van der Waals surface area contributed by atoms with Crippen molar-refractivity contribution >= 4 is 111 Å². The lowest BCUT2D eigenvalue weighted by atomic mass is 9.80. The fraction of sp³-hybridized carbons (Fsp3) is 0.698. The van der Waals surface area contributed by atoms with Gasteiger partial charge in [-0.05, 0) is 52.4 Å². The molecule has 0 aromatic rings. The van der Waals surface area contributed by atoms with Crippen molar-refractivity contribution in [3.05, 3.63) is 0 Å². The average molecular weight is 1290 g/mol. The Bertz CT molecular complexity index is 2640. The van der Waals surface area contributed by atoms with E-state index in [1.807, 2.05) is 0 Å². The summed E-state index contributed by atoms with van der Waals surface area (Å²) in [7, 11) is 0. The summed E-state index contributed by atoms with van der Waals surface area (Å²) in [6.45, 7) is 13.8. The molecule has 0 saturated carbocycles. The van der Waals surface area contributed by atoms with Crippen molar-refractivity contribution in [1.29, 1.82) is 0 Å². The van der Waals surface area contributed by atoms with Gasteiger partial charge in [0, 0.05) is 161 Å². The van der Waals surface area contributed by atoms with E-state index >= 15 is 0 Å². The SMILES string of the molecule is CC(=O)C(C)CC(=O)C(CC(=O)O)CC(=O)C(C)CC(=O)C(CC(=O)O)CC(=O)C(C)CC(=O)C(CCCN=C(N)N)CC(=O)C(C)CC(=O)C(CCCN=C(N)N)CC(=O)C(C)CC(=O)C(C)CC(=O)O.CC(=O)CC(CCCN=C(N)N)C(=O)CC(C)C=O. The molecule has 0 aliphatic rings. The zero-order chi connectivity index (χ0) is 70.4. The van der Waals surface area contributed by atoms with E-state index in [0.29, 0.717) is 25.8 Å². The van der Waals surface area contributed by atoms with E-state index in [1.54, 1.807) is 6.92 Å². The van der Waals surface area contributed by atoms with Gasteiger partial charge in [-0.3, -0.25) is 82.1 Å². The molecule has 0 saturated heterocycles. The third kappa shape index (κ3) is 39.6. The van der Waals surface area contributed by atoms with Crippen LogP contribution in [0.3, 0.4) is 0 Å². The van der Waals surface area contributed by atoms with Crippen molar-refractivity contribution < 1.29 is 92.0 Å². The number of carbonyl (C=O) groups is 16. The Labute approximate surface area is 532 Å². The Balaban J connectivity index is 0. The molecule has 0 aromatic carbocycles. The van der Waals surface area contributed by atoms with Gasteiger partial charge in [-0.2, -0.15) is 0 Å². The summed E-state index contributed by atoms with van der Waals surface area (Å²) in [4.78, 5) is 212. The lowest BCUT2D eigenvalue weighted by Crippen LogP contribution is -2.30. The summed E-state index contributed by atoms with van der Waals surface area (Å²) in [5, 5.41) is 28.1. The van der Waals surface area contributed by atoms with Gasteiger partial charge in [0.2, 0.25) is 0 Å². The first-order chi connectivity index (χ1) is 42.2. The van der Waals surface area contributed by atoms with Crippen LogP contribution < -0.4 is 34.4 Å². The number of aliphatic carboxylic acids is 3. The van der Waals surface area contributed by atoms with Crippen LogP contribution in [0, 0.1) is 71.0 Å². The number of carboxylic acid groups (broad SMARTS) is 3. The Morgan fingerprint density at radius 3 is 0.835 bits per heavy atom. The van der Waals surface area contributed by atoms with Crippen LogP contribution in [-0.4, -0.2) is 146 Å². The van der Waals surface area contributed by atoms with E-state index in [1.165, 1.54) is 55.4 Å². The molecule has 0 aliphatic heterocycles. The molecule has 0 aliphatic carbocycles. The molecule has 12 atom stereocenters. The lowest BCUT2D eigenvalue weighted by Gasteiger charge is -2.22. The molecule has 91 heavy (non-hydrogen) atoms. The van der Waals surface area contributed by atoms with Crippen LogP contribution in [0.25, 0.3) is 0 Å². The molecule has 12 unspecified atom stereocenters. The van der Waals surface area contributed by atoms with Crippen molar-refractivity contribution in [2.75, 3.05) is 19.6 Å². The number of nitrogens with two attached hydrogens (primary N) is 6. The molecule has 15 N–H and O–H groups in total. The molecule has 512 valence electrons. The second-order valence-electron chi connectivity index (χ2n) is 24.4. The Hall–Kier alpha value is -8.07. The summed E-state index contributed by atoms with van der Waals surface area (Å²) < 4.78 is 0. The van der Waals surface area contributed by atoms with Crippen molar-refractivity contribution in [2.45, 2.75) is 191 Å². The number of hydrogen-bond acceptors (Lipinski definition) is 19. The summed E-state index contributed by atoms with van der Waals surface area (Å²) >= 11 is 0. The highest BCUT2D eigenvalue weighted by molar-refractivity contribution is 5.99. The van der Waals surface area contributed by atoms with Crippen LogP contribution in [0.5, 0.6) is 0 Å². The topological polar surface area (TPSA) is 527 Å². The van der Waals surface area contributed by atoms with E-state index in [9.17, 15) is 86.9 Å². The maximum Gasteiger partial charge on any atom is 0.304 e. The van der Waals surface area contributed by atoms with E-state index in [4.69, 9.17) is 39.5 Å². The highest BCUT2D eigenvalue weighted by Gasteiger charge is 2.35. The highest BCUT2D eigenvalue weighted by atomic mass is 16.4. The van der Waals surface area contributed by atoms with Gasteiger partial charge in [0.1, 0.15) is 75.7 Å². The molecular formula is C63H101N9O19. The molecule has 28 nitrogen and oxygen atoms in total. The lowest BCUT2D eigenvalue weighted by molar-refractivity contribution is -0.142. The van der Waals surface area contributed by atoms with E-state index in [0.717, 1.165) is 6.29 Å². The molecule has 0 fully saturated rings. The van der Waals surface area contributed by atoms with E-state index in [2.05, 4.69) is 15.0 Å². The summed E-state index contributed by atoms with van der Waals surface area (Å²) in [5.74, 6) is -20.2. The Morgan fingerprint density at radius 2 is 0.560 bits per heavy atom. The number of hydrogen-bond donors (Lipinski definition) is 9. The predicted octanol–water partition coefficient (Wildman–Crippen LogP) is 3.45. The summed E-state index contributed by atoms with van der Waals surface area (Å²) in [6, 6.07) is 0. The van der Waals surface area contributed by atoms with Gasteiger partial charge >= 0.3 is 17.9 Å². The number of ketones is 12. The first kappa shape index (κ1) is 85.0. The van der Waals surface area contributed by atoms with Crippen LogP contribution >= 0.6 is 0 Å². The van der Waals surface area contributed by atoms with Crippen molar-refractivity contribution in [1.82, 2.24) is 0 Å². The van der Waals surface area contributed by atoms with Crippen LogP contribution in [0.4, 0.5) is 0 Å². The van der Waals surface area contributed by atoms with E-state index < -0.39 is 174 Å². The molecular weight excluding hydrogens is 1190 g/mol. The zero-order valence-electron chi connectivity index (χ0n) is 54.4. The molecule has 0 radical (unpaired) electrons. The average Bonchev–Trinajstić information content (AvgIpc) is 2.06. The quantitative estimate of drug-likeness (QED) is 0.0182. The maximum absolute atomic E-state index is 13.9. The molecule has 0 bridgehead atoms. The predicted molar refractivity (Wildman–Crippen MR) is 336 cm³/mol. The summed E-state index contributed by atoms with van der Waals surface area (Å²) in [6.07, 6.45) is -2.26. The first-order valence-electron chi connectivity index (χ1n) is 30.8. The van der Waals surface area contributed by atoms with Crippen molar-refractivity contribution in [3.8, 4) is 0 Å². The number of carbonyl (C=O) groups excluding carboxylic acids is 13. The second-order valence-corrected chi connectivity index (χ2v) is 24.4. The molecule has 28 heteroatoms. The monoisotopic (exact) mass is 1290 g/mol. The smallest absolute Gasteiger partial charge is 0.304 e. The number of guanidine groups is 3. The van der Waals surface area contributed by atoms with Gasteiger partial charge in [-0.25, -0.2) is 0 Å². The number of rotatable bonds is 52. The van der Waals surface area contributed by atoms with Crippen molar-refractivity contribution in [2.24, 2.45) is 120 Å². The molecule has 0 rings (SSSR count). The second kappa shape index (κ2) is 45.2. The molecule has 0 aromatic heterocycles.